The van der Waals surface area contributed by atoms with Gasteiger partial charge in [0.1, 0.15) is 5.69 Å². The summed E-state index contributed by atoms with van der Waals surface area (Å²) in [6.45, 7) is 1.49. The van der Waals surface area contributed by atoms with E-state index < -0.39 is 0 Å². The first-order chi connectivity index (χ1) is 6.66. The van der Waals surface area contributed by atoms with E-state index in [1.54, 1.807) is 29.0 Å². The topological polar surface area (TPSA) is 50.2 Å². The van der Waals surface area contributed by atoms with Crippen molar-refractivity contribution in [1.29, 1.82) is 0 Å². The Morgan fingerprint density at radius 3 is 2.93 bits per heavy atom. The van der Waals surface area contributed by atoms with Gasteiger partial charge in [0.2, 0.25) is 0 Å². The predicted molar refractivity (Wildman–Crippen MR) is 54.1 cm³/mol. The number of carbonyl (C=O) groups is 1. The van der Waals surface area contributed by atoms with Crippen LogP contribution >= 0.6 is 0 Å². The fourth-order valence-electron chi connectivity index (χ4n) is 1.14. The number of nitrogens with zero attached hydrogens (tertiary/aromatic N) is 3. The highest BCUT2D eigenvalue weighted by Crippen LogP contribution is 2.00. The van der Waals surface area contributed by atoms with Crippen LogP contribution in [0.2, 0.25) is 0 Å². The number of amides is 1. The van der Waals surface area contributed by atoms with Crippen molar-refractivity contribution in [3.63, 3.8) is 0 Å². The molecule has 0 unspecified atom stereocenters. The van der Waals surface area contributed by atoms with Crippen LogP contribution < -0.4 is 5.32 Å². The lowest BCUT2D eigenvalue weighted by molar-refractivity contribution is 0.0787. The Morgan fingerprint density at radius 2 is 2.43 bits per heavy atom. The average Bonchev–Trinajstić information content (AvgIpc) is 2.59. The van der Waals surface area contributed by atoms with E-state index in [-0.39, 0.29) is 5.91 Å². The van der Waals surface area contributed by atoms with Crippen molar-refractivity contribution in [2.75, 3.05) is 27.2 Å². The zero-order chi connectivity index (χ0) is 10.6. The van der Waals surface area contributed by atoms with E-state index in [0.717, 1.165) is 6.54 Å². The number of imidazole rings is 1. The summed E-state index contributed by atoms with van der Waals surface area (Å²) >= 11 is 0. The lowest BCUT2D eigenvalue weighted by atomic mass is 10.4. The first kappa shape index (κ1) is 10.7. The number of aryl methyl sites for hydroxylation is 1. The van der Waals surface area contributed by atoms with Gasteiger partial charge in [-0.15, -0.1) is 0 Å². The number of likely N-dealkylation sites (N-methyl/N-ethyl adjacent to an activating group) is 2. The van der Waals surface area contributed by atoms with E-state index in [4.69, 9.17) is 0 Å². The zero-order valence-electron chi connectivity index (χ0n) is 8.82. The summed E-state index contributed by atoms with van der Waals surface area (Å²) in [6.07, 6.45) is 3.21. The molecule has 0 aliphatic carbocycles. The van der Waals surface area contributed by atoms with E-state index in [2.05, 4.69) is 10.3 Å². The number of hydrogen-bond acceptors (Lipinski definition) is 3. The highest BCUT2D eigenvalue weighted by atomic mass is 16.2. The second-order valence-electron chi connectivity index (χ2n) is 3.22. The molecule has 0 aliphatic heterocycles. The molecule has 5 heteroatoms. The van der Waals surface area contributed by atoms with Gasteiger partial charge in [-0.1, -0.05) is 0 Å². The Kier molecular flexibility index (Phi) is 3.64. The van der Waals surface area contributed by atoms with Gasteiger partial charge in [-0.25, -0.2) is 4.98 Å². The summed E-state index contributed by atoms with van der Waals surface area (Å²) in [7, 11) is 5.46. The molecule has 1 heterocycles. The lowest BCUT2D eigenvalue weighted by Gasteiger charge is -2.16. The standard InChI is InChI=1S/C9H16N4O/c1-10-4-5-12(2)9(14)8-6-11-7-13(8)3/h6-7,10H,4-5H2,1-3H3. The van der Waals surface area contributed by atoms with Gasteiger partial charge in [-0.3, -0.25) is 4.79 Å². The van der Waals surface area contributed by atoms with Crippen LogP contribution in [0.3, 0.4) is 0 Å². The van der Waals surface area contributed by atoms with Gasteiger partial charge < -0.3 is 14.8 Å². The molecule has 0 aliphatic rings. The summed E-state index contributed by atoms with van der Waals surface area (Å²) < 4.78 is 1.72. The van der Waals surface area contributed by atoms with Crippen LogP contribution in [0.25, 0.3) is 0 Å². The van der Waals surface area contributed by atoms with Gasteiger partial charge in [-0.05, 0) is 7.05 Å². The van der Waals surface area contributed by atoms with E-state index in [9.17, 15) is 4.79 Å². The van der Waals surface area contributed by atoms with Crippen LogP contribution in [-0.4, -0.2) is 47.5 Å². The first-order valence-corrected chi connectivity index (χ1v) is 4.53. The monoisotopic (exact) mass is 196 g/mol. The molecule has 0 saturated heterocycles. The summed E-state index contributed by atoms with van der Waals surface area (Å²) in [6, 6.07) is 0. The van der Waals surface area contributed by atoms with Crippen LogP contribution in [0.1, 0.15) is 10.5 Å². The van der Waals surface area contributed by atoms with Crippen molar-refractivity contribution >= 4 is 5.91 Å². The van der Waals surface area contributed by atoms with E-state index in [1.165, 1.54) is 0 Å². The number of hydrogen-bond donors (Lipinski definition) is 1. The molecule has 1 rings (SSSR count). The smallest absolute Gasteiger partial charge is 0.271 e. The van der Waals surface area contributed by atoms with Gasteiger partial charge in [0.15, 0.2) is 0 Å². The molecule has 0 atom stereocenters. The summed E-state index contributed by atoms with van der Waals surface area (Å²) in [5, 5.41) is 3.00. The number of aromatic nitrogens is 2. The van der Waals surface area contributed by atoms with E-state index in [1.807, 2.05) is 14.1 Å². The zero-order valence-corrected chi connectivity index (χ0v) is 8.82. The largest absolute Gasteiger partial charge is 0.339 e. The first-order valence-electron chi connectivity index (χ1n) is 4.53. The minimum Gasteiger partial charge on any atom is -0.339 e. The predicted octanol–water partition coefficient (Wildman–Crippen LogP) is -0.288. The fraction of sp³-hybridized carbons (Fsp3) is 0.556. The maximum absolute atomic E-state index is 11.8. The van der Waals surface area contributed by atoms with Gasteiger partial charge in [-0.2, -0.15) is 0 Å². The quantitative estimate of drug-likeness (QED) is 0.720. The fourth-order valence-corrected chi connectivity index (χ4v) is 1.14. The Hall–Kier alpha value is -1.36. The molecule has 0 saturated carbocycles. The molecule has 0 radical (unpaired) electrons. The van der Waals surface area contributed by atoms with Crippen molar-refractivity contribution < 1.29 is 4.79 Å². The maximum atomic E-state index is 11.8. The van der Waals surface area contributed by atoms with Crippen molar-refractivity contribution in [2.24, 2.45) is 7.05 Å². The molecule has 0 fully saturated rings. The summed E-state index contributed by atoms with van der Waals surface area (Å²) in [5.74, 6) is 0.000231. The molecule has 78 valence electrons. The molecular formula is C9H16N4O. The number of nitrogens with one attached hydrogen (secondary N) is 1. The van der Waals surface area contributed by atoms with E-state index >= 15 is 0 Å². The highest BCUT2D eigenvalue weighted by Gasteiger charge is 2.13. The van der Waals surface area contributed by atoms with Crippen molar-refractivity contribution in [1.82, 2.24) is 19.8 Å². The van der Waals surface area contributed by atoms with Crippen molar-refractivity contribution in [3.8, 4) is 0 Å². The third-order valence-corrected chi connectivity index (χ3v) is 2.08. The number of carbonyl (C=O) groups excluding carboxylic acids is 1. The third kappa shape index (κ3) is 2.32. The third-order valence-electron chi connectivity index (χ3n) is 2.08. The molecule has 0 aromatic carbocycles. The summed E-state index contributed by atoms with van der Waals surface area (Å²) in [5.41, 5.74) is 0.614. The minimum absolute atomic E-state index is 0.000231. The van der Waals surface area contributed by atoms with Crippen LogP contribution in [0.5, 0.6) is 0 Å². The SMILES string of the molecule is CNCCN(C)C(=O)c1cncn1C. The Bertz CT molecular complexity index is 308. The second kappa shape index (κ2) is 4.76. The normalized spacial score (nSPS) is 10.2. The van der Waals surface area contributed by atoms with Gasteiger partial charge in [0.25, 0.3) is 5.91 Å². The molecule has 1 aromatic heterocycles. The molecule has 14 heavy (non-hydrogen) atoms. The van der Waals surface area contributed by atoms with Gasteiger partial charge in [0, 0.05) is 27.2 Å². The van der Waals surface area contributed by atoms with E-state index in [0.29, 0.717) is 12.2 Å². The van der Waals surface area contributed by atoms with Crippen molar-refractivity contribution in [3.05, 3.63) is 18.2 Å². The average molecular weight is 196 g/mol. The van der Waals surface area contributed by atoms with Gasteiger partial charge in [0.05, 0.1) is 12.5 Å². The Balaban J connectivity index is 2.61. The van der Waals surface area contributed by atoms with Crippen LogP contribution in [0.4, 0.5) is 0 Å². The molecular weight excluding hydrogens is 180 g/mol. The maximum Gasteiger partial charge on any atom is 0.271 e. The van der Waals surface area contributed by atoms with Crippen LogP contribution in [0.15, 0.2) is 12.5 Å². The van der Waals surface area contributed by atoms with Crippen LogP contribution in [0, 0.1) is 0 Å². The highest BCUT2D eigenvalue weighted by molar-refractivity contribution is 5.92. The molecule has 1 amide bonds. The Morgan fingerprint density at radius 1 is 1.71 bits per heavy atom. The van der Waals surface area contributed by atoms with Crippen molar-refractivity contribution in [2.45, 2.75) is 0 Å². The minimum atomic E-state index is 0.000231. The van der Waals surface area contributed by atoms with Gasteiger partial charge >= 0.3 is 0 Å². The lowest BCUT2D eigenvalue weighted by Crippen LogP contribution is -2.33. The summed E-state index contributed by atoms with van der Waals surface area (Å²) in [4.78, 5) is 17.3. The molecule has 0 bridgehead atoms. The Labute approximate surface area is 83.7 Å². The molecule has 0 spiro atoms. The molecule has 1 N–H and O–H groups in total. The second-order valence-corrected chi connectivity index (χ2v) is 3.22. The van der Waals surface area contributed by atoms with Crippen LogP contribution in [-0.2, 0) is 7.05 Å². The molecule has 1 aromatic rings. The number of rotatable bonds is 4. The molecule has 5 nitrogen and oxygen atoms in total.